The first kappa shape index (κ1) is 18.3. The van der Waals surface area contributed by atoms with Crippen LogP contribution in [0, 0.1) is 6.92 Å². The summed E-state index contributed by atoms with van der Waals surface area (Å²) in [7, 11) is -4.02. The topological polar surface area (TPSA) is 110 Å². The number of aliphatic hydroxyl groups excluding tert-OH is 1. The highest BCUT2D eigenvalue weighted by Crippen LogP contribution is 2.42. The van der Waals surface area contributed by atoms with Crippen LogP contribution in [-0.4, -0.2) is 70.5 Å². The molecule has 1 aromatic rings. The Kier molecular flexibility index (Phi) is 4.78. The Balaban J connectivity index is 1.55. The minimum atomic E-state index is -4.02. The van der Waals surface area contributed by atoms with Gasteiger partial charge in [-0.1, -0.05) is 17.7 Å². The number of aryl methyl sites for hydroxylation is 1. The fraction of sp³-hybridized carbons (Fsp3) is 0.625. The predicted octanol–water partition coefficient (Wildman–Crippen LogP) is -0.0979. The van der Waals surface area contributed by atoms with E-state index in [1.807, 2.05) is 6.92 Å². The van der Waals surface area contributed by atoms with Crippen LogP contribution in [0.25, 0.3) is 0 Å². The summed E-state index contributed by atoms with van der Waals surface area (Å²) >= 11 is 0. The maximum atomic E-state index is 12.5. The Morgan fingerprint density at radius 1 is 1.15 bits per heavy atom. The van der Waals surface area contributed by atoms with Gasteiger partial charge >= 0.3 is 0 Å². The fourth-order valence-corrected chi connectivity index (χ4v) is 4.31. The third-order valence-corrected chi connectivity index (χ3v) is 6.03. The maximum absolute atomic E-state index is 12.5. The monoisotopic (exact) mass is 388 g/mol. The van der Waals surface area contributed by atoms with E-state index in [1.54, 1.807) is 12.1 Å². The van der Waals surface area contributed by atoms with Gasteiger partial charge in [-0.15, -0.1) is 0 Å². The van der Waals surface area contributed by atoms with Gasteiger partial charge in [-0.3, -0.25) is 4.18 Å². The molecule has 0 spiro atoms. The number of hydrogen-bond acceptors (Lipinski definition) is 9. The first-order valence-corrected chi connectivity index (χ1v) is 9.59. The van der Waals surface area contributed by atoms with Gasteiger partial charge in [0.25, 0.3) is 10.1 Å². The number of hydrogen-bond donors (Lipinski definition) is 1. The summed E-state index contributed by atoms with van der Waals surface area (Å²) in [6, 6.07) is 6.29. The third kappa shape index (κ3) is 3.06. The van der Waals surface area contributed by atoms with Crippen molar-refractivity contribution in [1.29, 1.82) is 0 Å². The quantitative estimate of drug-likeness (QED) is 0.692. The van der Waals surface area contributed by atoms with E-state index in [0.717, 1.165) is 5.56 Å². The lowest BCUT2D eigenvalue weighted by Gasteiger charge is -2.44. The summed E-state index contributed by atoms with van der Waals surface area (Å²) in [5, 5.41) is 9.59. The van der Waals surface area contributed by atoms with E-state index in [9.17, 15) is 13.5 Å². The molecule has 1 N–H and O–H groups in total. The van der Waals surface area contributed by atoms with Crippen LogP contribution >= 0.6 is 0 Å². The van der Waals surface area contributed by atoms with Crippen molar-refractivity contribution in [2.75, 3.05) is 26.8 Å². The number of rotatable bonds is 5. The molecule has 9 nitrogen and oxygen atoms in total. The van der Waals surface area contributed by atoms with Crippen LogP contribution in [0.15, 0.2) is 29.2 Å². The Bertz CT molecular complexity index is 749. The first-order chi connectivity index (χ1) is 12.5. The van der Waals surface area contributed by atoms with Gasteiger partial charge < -0.3 is 28.8 Å². The largest absolute Gasteiger partial charge is 0.394 e. The van der Waals surface area contributed by atoms with E-state index >= 15 is 0 Å². The molecule has 4 rings (SSSR count). The minimum absolute atomic E-state index is 0.0304. The second-order valence-corrected chi connectivity index (χ2v) is 8.03. The van der Waals surface area contributed by atoms with Crippen molar-refractivity contribution in [2.45, 2.75) is 42.0 Å². The molecule has 144 valence electrons. The lowest BCUT2D eigenvalue weighted by atomic mass is 9.93. The summed E-state index contributed by atoms with van der Waals surface area (Å²) in [5.74, 6) is -1.50. The van der Waals surface area contributed by atoms with E-state index in [0.29, 0.717) is 0 Å². The summed E-state index contributed by atoms with van der Waals surface area (Å²) in [6.45, 7) is 1.01. The Hall–Kier alpha value is -1.11. The molecule has 0 bridgehead atoms. The van der Waals surface area contributed by atoms with Gasteiger partial charge in [-0.2, -0.15) is 8.42 Å². The smallest absolute Gasteiger partial charge is 0.297 e. The fourth-order valence-electron chi connectivity index (χ4n) is 3.38. The highest BCUT2D eigenvalue weighted by Gasteiger charge is 2.62. The van der Waals surface area contributed by atoms with Crippen molar-refractivity contribution >= 4 is 10.1 Å². The van der Waals surface area contributed by atoms with Crippen LogP contribution in [0.3, 0.4) is 0 Å². The predicted molar refractivity (Wildman–Crippen MR) is 84.4 cm³/mol. The first-order valence-electron chi connectivity index (χ1n) is 8.19. The molecule has 3 aliphatic heterocycles. The molecule has 3 heterocycles. The maximum Gasteiger partial charge on any atom is 0.297 e. The molecule has 1 aromatic carbocycles. The van der Waals surface area contributed by atoms with Crippen molar-refractivity contribution < 1.29 is 41.4 Å². The standard InChI is InChI=1S/C16H20O9S/c1-10-2-4-11(5-3-10)26(18,19)24-7-16-15(22-9-23-16)14-13(20-8-21-14)12(6-17)25-16/h2-5,12-15,17H,6-9H2,1H3. The van der Waals surface area contributed by atoms with E-state index in [1.165, 1.54) is 12.1 Å². The molecule has 10 heteroatoms. The molecule has 3 fully saturated rings. The summed E-state index contributed by atoms with van der Waals surface area (Å²) < 4.78 is 58.0. The highest BCUT2D eigenvalue weighted by molar-refractivity contribution is 7.86. The van der Waals surface area contributed by atoms with Crippen LogP contribution in [0.4, 0.5) is 0 Å². The number of aliphatic hydroxyl groups is 1. The molecule has 5 unspecified atom stereocenters. The van der Waals surface area contributed by atoms with Crippen LogP contribution < -0.4 is 0 Å². The van der Waals surface area contributed by atoms with Crippen molar-refractivity contribution in [3.05, 3.63) is 29.8 Å². The average molecular weight is 388 g/mol. The van der Waals surface area contributed by atoms with Gasteiger partial charge in [-0.05, 0) is 19.1 Å². The van der Waals surface area contributed by atoms with E-state index in [4.69, 9.17) is 27.9 Å². The lowest BCUT2D eigenvalue weighted by Crippen LogP contribution is -2.64. The second kappa shape index (κ2) is 6.80. The number of fused-ring (bicyclic) bond motifs is 3. The normalized spacial score (nSPS) is 36.7. The van der Waals surface area contributed by atoms with E-state index < -0.39 is 46.9 Å². The Labute approximate surface area is 150 Å². The average Bonchev–Trinajstić information content (AvgIpc) is 3.26. The molecule has 5 atom stereocenters. The van der Waals surface area contributed by atoms with Crippen molar-refractivity contribution in [3.63, 3.8) is 0 Å². The van der Waals surface area contributed by atoms with Crippen molar-refractivity contribution in [3.8, 4) is 0 Å². The van der Waals surface area contributed by atoms with Gasteiger partial charge in [0.1, 0.15) is 37.8 Å². The minimum Gasteiger partial charge on any atom is -0.394 e. The van der Waals surface area contributed by atoms with E-state index in [-0.39, 0.29) is 25.1 Å². The van der Waals surface area contributed by atoms with Gasteiger partial charge in [-0.25, -0.2) is 0 Å². The van der Waals surface area contributed by atoms with Gasteiger partial charge in [0.05, 0.1) is 11.5 Å². The zero-order valence-electron chi connectivity index (χ0n) is 14.1. The summed E-state index contributed by atoms with van der Waals surface area (Å²) in [5.41, 5.74) is 0.931. The lowest BCUT2D eigenvalue weighted by molar-refractivity contribution is -0.306. The summed E-state index contributed by atoms with van der Waals surface area (Å²) in [4.78, 5) is 0.0304. The molecule has 0 aliphatic carbocycles. The van der Waals surface area contributed by atoms with E-state index in [2.05, 4.69) is 0 Å². The molecular weight excluding hydrogens is 368 g/mol. The van der Waals surface area contributed by atoms with Gasteiger partial charge in [0.2, 0.25) is 5.79 Å². The zero-order chi connectivity index (χ0) is 18.4. The summed E-state index contributed by atoms with van der Waals surface area (Å²) in [6.07, 6.45) is -2.54. The third-order valence-electron chi connectivity index (χ3n) is 4.75. The number of benzene rings is 1. The Morgan fingerprint density at radius 3 is 2.62 bits per heavy atom. The highest BCUT2D eigenvalue weighted by atomic mass is 32.2. The van der Waals surface area contributed by atoms with Crippen molar-refractivity contribution in [1.82, 2.24) is 0 Å². The van der Waals surface area contributed by atoms with Crippen LogP contribution in [0.1, 0.15) is 5.56 Å². The van der Waals surface area contributed by atoms with Gasteiger partial charge in [0, 0.05) is 0 Å². The SMILES string of the molecule is Cc1ccc(S(=O)(=O)OCC23OCOC2C2OCOC2C(CO)O3)cc1. The molecule has 26 heavy (non-hydrogen) atoms. The Morgan fingerprint density at radius 2 is 1.88 bits per heavy atom. The van der Waals surface area contributed by atoms with Crippen LogP contribution in [0.2, 0.25) is 0 Å². The van der Waals surface area contributed by atoms with Crippen LogP contribution in [-0.2, 0) is 38.0 Å². The molecular formula is C16H20O9S. The molecule has 3 saturated heterocycles. The number of ether oxygens (including phenoxy) is 5. The van der Waals surface area contributed by atoms with Crippen LogP contribution in [0.5, 0.6) is 0 Å². The second-order valence-electron chi connectivity index (χ2n) is 6.41. The molecule has 0 aromatic heterocycles. The molecule has 0 saturated carbocycles. The molecule has 0 amide bonds. The molecule has 0 radical (unpaired) electrons. The molecule has 3 aliphatic rings. The zero-order valence-corrected chi connectivity index (χ0v) is 14.9. The van der Waals surface area contributed by atoms with Crippen molar-refractivity contribution in [2.24, 2.45) is 0 Å². The van der Waals surface area contributed by atoms with Gasteiger partial charge in [0.15, 0.2) is 6.79 Å².